The molecule has 0 saturated carbocycles. The van der Waals surface area contributed by atoms with Gasteiger partial charge in [0.15, 0.2) is 11.4 Å². The van der Waals surface area contributed by atoms with Crippen molar-refractivity contribution in [2.75, 3.05) is 6.54 Å². The van der Waals surface area contributed by atoms with Crippen molar-refractivity contribution in [1.29, 1.82) is 10.5 Å². The Morgan fingerprint density at radius 3 is 2.22 bits per heavy atom. The highest BCUT2D eigenvalue weighted by atomic mass is 32.2. The molecule has 112 valence electrons. The largest absolute Gasteiger partial charge is 0.289 e. The number of aromatic nitrogens is 2. The van der Waals surface area contributed by atoms with Gasteiger partial charge < -0.3 is 0 Å². The lowest BCUT2D eigenvalue weighted by atomic mass is 10.3. The van der Waals surface area contributed by atoms with Gasteiger partial charge in [-0.05, 0) is 0 Å². The van der Waals surface area contributed by atoms with E-state index in [-0.39, 0.29) is 17.3 Å². The van der Waals surface area contributed by atoms with Crippen molar-refractivity contribution in [1.82, 2.24) is 14.9 Å². The molecule has 0 N–H and O–H groups in total. The quantitative estimate of drug-likeness (QED) is 0.439. The van der Waals surface area contributed by atoms with Gasteiger partial charge in [0.25, 0.3) is 5.91 Å². The number of carbonyl (C=O) groups excluding carboxylic acids is 1. The van der Waals surface area contributed by atoms with Crippen LogP contribution in [0.4, 0.5) is 0 Å². The molecule has 6 nitrogen and oxygen atoms in total. The molecule has 0 atom stereocenters. The Morgan fingerprint density at radius 1 is 1.17 bits per heavy atom. The van der Waals surface area contributed by atoms with Crippen LogP contribution in [0.15, 0.2) is 31.8 Å². The normalized spacial score (nSPS) is 16.3. The average Bonchev–Trinajstić information content (AvgIpc) is 3.08. The van der Waals surface area contributed by atoms with Crippen LogP contribution in [-0.2, 0) is 4.79 Å². The number of fused-ring (bicyclic) bond motifs is 1. The molecule has 0 radical (unpaired) electrons. The predicted molar refractivity (Wildman–Crippen MR) is 92.3 cm³/mol. The molecule has 1 aromatic rings. The number of rotatable bonds is 2. The monoisotopic (exact) mass is 375 g/mol. The predicted octanol–water partition coefficient (Wildman–Crippen LogP) is 2.63. The number of carbonyl (C=O) groups is 1. The maximum absolute atomic E-state index is 12.4. The van der Waals surface area contributed by atoms with Crippen LogP contribution in [-0.4, -0.2) is 31.6 Å². The standard InChI is InChI=1S/C13H5N5OS4/c1-2-3-18-11(19)8(21-13(18)20)12-22-9-10(23-12)17-7(5-15)6(4-14)16-9/h2H,1,3H2. The van der Waals surface area contributed by atoms with E-state index in [0.717, 1.165) is 0 Å². The van der Waals surface area contributed by atoms with E-state index in [1.807, 2.05) is 12.1 Å². The van der Waals surface area contributed by atoms with Crippen LogP contribution in [0.2, 0.25) is 0 Å². The van der Waals surface area contributed by atoms with Gasteiger partial charge in [0.2, 0.25) is 0 Å². The Morgan fingerprint density at radius 2 is 1.74 bits per heavy atom. The maximum Gasteiger partial charge on any atom is 0.268 e. The molecule has 23 heavy (non-hydrogen) atoms. The lowest BCUT2D eigenvalue weighted by molar-refractivity contribution is -0.121. The number of hydrogen-bond donors (Lipinski definition) is 0. The third-order valence-corrected chi connectivity index (χ3v) is 6.84. The molecule has 0 bridgehead atoms. The molecule has 0 unspecified atom stereocenters. The summed E-state index contributed by atoms with van der Waals surface area (Å²) < 4.78 is 1.19. The van der Waals surface area contributed by atoms with Crippen LogP contribution < -0.4 is 0 Å². The molecule has 1 saturated heterocycles. The van der Waals surface area contributed by atoms with Crippen LogP contribution in [0.25, 0.3) is 0 Å². The fourth-order valence-corrected chi connectivity index (χ4v) is 5.56. The zero-order chi connectivity index (χ0) is 16.6. The summed E-state index contributed by atoms with van der Waals surface area (Å²) in [6.45, 7) is 3.97. The number of thiocarbonyl (C=S) groups is 1. The highest BCUT2D eigenvalue weighted by Gasteiger charge is 2.37. The topological polar surface area (TPSA) is 93.7 Å². The van der Waals surface area contributed by atoms with Crippen LogP contribution in [0.5, 0.6) is 0 Å². The third-order valence-electron chi connectivity index (χ3n) is 2.77. The molecule has 2 aliphatic rings. The second-order valence-electron chi connectivity index (χ2n) is 4.15. The number of nitriles is 2. The number of amides is 1. The zero-order valence-electron chi connectivity index (χ0n) is 11.3. The van der Waals surface area contributed by atoms with E-state index in [1.54, 1.807) is 6.08 Å². The average molecular weight is 375 g/mol. The number of nitrogens with zero attached hydrogens (tertiary/aromatic N) is 5. The fraction of sp³-hybridized carbons (Fsp3) is 0.0769. The van der Waals surface area contributed by atoms with Gasteiger partial charge in [-0.25, -0.2) is 9.97 Å². The summed E-state index contributed by atoms with van der Waals surface area (Å²) in [6.07, 6.45) is 1.61. The van der Waals surface area contributed by atoms with E-state index in [9.17, 15) is 4.79 Å². The lowest BCUT2D eigenvalue weighted by Crippen LogP contribution is -2.27. The van der Waals surface area contributed by atoms with E-state index in [1.165, 1.54) is 40.2 Å². The smallest absolute Gasteiger partial charge is 0.268 e. The molecule has 1 amide bonds. The molecule has 0 aliphatic carbocycles. The van der Waals surface area contributed by atoms with Gasteiger partial charge in [-0.1, -0.05) is 53.6 Å². The first-order valence-electron chi connectivity index (χ1n) is 6.05. The van der Waals surface area contributed by atoms with E-state index in [0.29, 0.717) is 30.1 Å². The zero-order valence-corrected chi connectivity index (χ0v) is 14.5. The molecular formula is C13H5N5OS4. The van der Waals surface area contributed by atoms with Gasteiger partial charge in [0, 0.05) is 6.54 Å². The minimum Gasteiger partial charge on any atom is -0.289 e. The van der Waals surface area contributed by atoms with E-state index in [2.05, 4.69) is 16.5 Å². The Bertz CT molecular complexity index is 835. The van der Waals surface area contributed by atoms with Gasteiger partial charge >= 0.3 is 0 Å². The first-order chi connectivity index (χ1) is 11.1. The van der Waals surface area contributed by atoms with E-state index >= 15 is 0 Å². The SMILES string of the molecule is C=CCN1C(=O)C(=C2Sc3nc(C#N)c(C#N)nc3S2)SC1=S. The first kappa shape index (κ1) is 16.0. The van der Waals surface area contributed by atoms with Gasteiger partial charge in [0.05, 0.1) is 4.24 Å². The highest BCUT2D eigenvalue weighted by molar-refractivity contribution is 8.30. The van der Waals surface area contributed by atoms with Gasteiger partial charge in [-0.3, -0.25) is 9.69 Å². The minimum atomic E-state index is -0.177. The minimum absolute atomic E-state index is 0.0141. The summed E-state index contributed by atoms with van der Waals surface area (Å²) in [4.78, 5) is 22.7. The van der Waals surface area contributed by atoms with Crippen molar-refractivity contribution < 1.29 is 4.79 Å². The third kappa shape index (κ3) is 2.75. The Kier molecular flexibility index (Phi) is 4.41. The van der Waals surface area contributed by atoms with E-state index < -0.39 is 0 Å². The molecule has 0 aromatic carbocycles. The van der Waals surface area contributed by atoms with Gasteiger partial charge in [-0.15, -0.1) is 6.58 Å². The maximum atomic E-state index is 12.4. The summed E-state index contributed by atoms with van der Waals surface area (Å²) in [7, 11) is 0. The van der Waals surface area contributed by atoms with Crippen molar-refractivity contribution in [3.63, 3.8) is 0 Å². The second-order valence-corrected chi connectivity index (χ2v) is 8.05. The van der Waals surface area contributed by atoms with Crippen LogP contribution in [0.1, 0.15) is 11.4 Å². The van der Waals surface area contributed by atoms with Crippen LogP contribution in [0, 0.1) is 22.7 Å². The molecule has 1 aromatic heterocycles. The highest BCUT2D eigenvalue weighted by Crippen LogP contribution is 2.53. The summed E-state index contributed by atoms with van der Waals surface area (Å²) in [5.74, 6) is -0.177. The van der Waals surface area contributed by atoms with Crippen molar-refractivity contribution in [2.45, 2.75) is 10.1 Å². The van der Waals surface area contributed by atoms with Crippen LogP contribution in [0.3, 0.4) is 0 Å². The Hall–Kier alpha value is -1.85. The number of hydrogen-bond acceptors (Lipinski definition) is 9. The van der Waals surface area contributed by atoms with Crippen molar-refractivity contribution >= 4 is 57.7 Å². The first-order valence-corrected chi connectivity index (χ1v) is 8.91. The Labute approximate surface area is 149 Å². The molecule has 10 heteroatoms. The van der Waals surface area contributed by atoms with E-state index in [4.69, 9.17) is 22.7 Å². The molecule has 1 fully saturated rings. The van der Waals surface area contributed by atoms with Gasteiger partial charge in [-0.2, -0.15) is 10.5 Å². The molecular weight excluding hydrogens is 370 g/mol. The summed E-state index contributed by atoms with van der Waals surface area (Å²) in [5.41, 5.74) is -0.0281. The van der Waals surface area contributed by atoms with Crippen molar-refractivity contribution in [3.8, 4) is 12.1 Å². The lowest BCUT2D eigenvalue weighted by Gasteiger charge is -2.10. The fourth-order valence-electron chi connectivity index (χ4n) is 1.79. The van der Waals surface area contributed by atoms with Crippen molar-refractivity contribution in [3.05, 3.63) is 33.2 Å². The van der Waals surface area contributed by atoms with Crippen LogP contribution >= 0.6 is 47.5 Å². The molecule has 0 spiro atoms. The summed E-state index contributed by atoms with van der Waals surface area (Å²) in [5, 5.41) is 19.1. The van der Waals surface area contributed by atoms with Crippen molar-refractivity contribution in [2.24, 2.45) is 0 Å². The molecule has 2 aliphatic heterocycles. The van der Waals surface area contributed by atoms with Gasteiger partial charge in [0.1, 0.15) is 31.4 Å². The summed E-state index contributed by atoms with van der Waals surface area (Å²) >= 11 is 8.96. The second kappa shape index (κ2) is 6.34. The Balaban J connectivity index is 1.98. The number of thioether (sulfide) groups is 3. The molecule has 3 heterocycles. The molecule has 3 rings (SSSR count). The summed E-state index contributed by atoms with van der Waals surface area (Å²) in [6, 6.07) is 3.71.